The van der Waals surface area contributed by atoms with E-state index >= 15 is 0 Å². The molecular formula is C9H12N2O2. The minimum Gasteiger partial charge on any atom is -0.343 e. The first-order valence-electron chi connectivity index (χ1n) is 4.40. The lowest BCUT2D eigenvalue weighted by molar-refractivity contribution is -0.128. The van der Waals surface area contributed by atoms with Crippen LogP contribution >= 0.6 is 0 Å². The number of ketones is 1. The number of nitrogens with one attached hydrogen (secondary N) is 1. The fraction of sp³-hybridized carbons (Fsp3) is 0.667. The van der Waals surface area contributed by atoms with Gasteiger partial charge in [-0.2, -0.15) is 5.26 Å². The van der Waals surface area contributed by atoms with Crippen molar-refractivity contribution in [3.05, 3.63) is 0 Å². The van der Waals surface area contributed by atoms with Crippen LogP contribution in [0.4, 0.5) is 0 Å². The highest BCUT2D eigenvalue weighted by atomic mass is 16.2. The van der Waals surface area contributed by atoms with Crippen molar-refractivity contribution in [2.45, 2.75) is 25.7 Å². The Labute approximate surface area is 76.9 Å². The molecule has 13 heavy (non-hydrogen) atoms. The van der Waals surface area contributed by atoms with Crippen molar-refractivity contribution in [3.63, 3.8) is 0 Å². The number of amides is 1. The summed E-state index contributed by atoms with van der Waals surface area (Å²) in [5, 5.41) is 10.7. The summed E-state index contributed by atoms with van der Waals surface area (Å²) in [6.45, 7) is 0.0588. The lowest BCUT2D eigenvalue weighted by Gasteiger charge is -2.19. The fourth-order valence-electron chi connectivity index (χ4n) is 1.47. The second-order valence-electron chi connectivity index (χ2n) is 3.19. The number of rotatable bonds is 2. The van der Waals surface area contributed by atoms with Crippen LogP contribution in [-0.4, -0.2) is 18.2 Å². The molecule has 1 amide bonds. The van der Waals surface area contributed by atoms with E-state index in [0.29, 0.717) is 25.7 Å². The summed E-state index contributed by atoms with van der Waals surface area (Å²) in [6, 6.07) is 1.85. The molecule has 1 saturated carbocycles. The number of carbonyl (C=O) groups excluding carboxylic acids is 2. The summed E-state index contributed by atoms with van der Waals surface area (Å²) in [5.41, 5.74) is 0. The predicted octanol–water partition coefficient (Wildman–Crippen LogP) is 0.385. The molecule has 0 spiro atoms. The molecular weight excluding hydrogens is 168 g/mol. The monoisotopic (exact) mass is 180 g/mol. The normalized spacial score (nSPS) is 17.9. The van der Waals surface area contributed by atoms with E-state index < -0.39 is 0 Å². The van der Waals surface area contributed by atoms with E-state index in [1.807, 2.05) is 6.07 Å². The summed E-state index contributed by atoms with van der Waals surface area (Å²) < 4.78 is 0. The lowest BCUT2D eigenvalue weighted by Crippen LogP contribution is -2.33. The van der Waals surface area contributed by atoms with Crippen molar-refractivity contribution in [2.24, 2.45) is 5.92 Å². The van der Waals surface area contributed by atoms with Crippen molar-refractivity contribution in [2.75, 3.05) is 6.54 Å². The van der Waals surface area contributed by atoms with E-state index in [1.165, 1.54) is 0 Å². The molecule has 0 aliphatic heterocycles. The van der Waals surface area contributed by atoms with Gasteiger partial charge in [0.05, 0.1) is 6.07 Å². The third-order valence-corrected chi connectivity index (χ3v) is 2.26. The minimum atomic E-state index is -0.0888. The SMILES string of the molecule is N#CCNC(=O)C1CCC(=O)CC1. The summed E-state index contributed by atoms with van der Waals surface area (Å²) in [6.07, 6.45) is 2.28. The molecule has 70 valence electrons. The third kappa shape index (κ3) is 2.86. The van der Waals surface area contributed by atoms with Crippen LogP contribution in [0.5, 0.6) is 0 Å². The van der Waals surface area contributed by atoms with Gasteiger partial charge < -0.3 is 5.32 Å². The first kappa shape index (κ1) is 9.72. The largest absolute Gasteiger partial charge is 0.343 e. The third-order valence-electron chi connectivity index (χ3n) is 2.26. The molecule has 0 unspecified atom stereocenters. The Bertz CT molecular complexity index is 245. The predicted molar refractivity (Wildman–Crippen MR) is 45.6 cm³/mol. The van der Waals surface area contributed by atoms with E-state index in [2.05, 4.69) is 5.32 Å². The van der Waals surface area contributed by atoms with Gasteiger partial charge in [-0.25, -0.2) is 0 Å². The van der Waals surface area contributed by atoms with Crippen LogP contribution in [0, 0.1) is 17.2 Å². The molecule has 1 rings (SSSR count). The molecule has 0 aromatic rings. The average molecular weight is 180 g/mol. The highest BCUT2D eigenvalue weighted by molar-refractivity contribution is 5.84. The molecule has 1 fully saturated rings. The quantitative estimate of drug-likeness (QED) is 0.625. The Kier molecular flexibility index (Phi) is 3.44. The van der Waals surface area contributed by atoms with E-state index in [4.69, 9.17) is 5.26 Å². The minimum absolute atomic E-state index is 0.0588. The molecule has 0 radical (unpaired) electrons. The van der Waals surface area contributed by atoms with Crippen molar-refractivity contribution < 1.29 is 9.59 Å². The van der Waals surface area contributed by atoms with Gasteiger partial charge in [-0.15, -0.1) is 0 Å². The maximum Gasteiger partial charge on any atom is 0.223 e. The van der Waals surface area contributed by atoms with Gasteiger partial charge in [0.15, 0.2) is 0 Å². The van der Waals surface area contributed by atoms with Gasteiger partial charge in [-0.05, 0) is 12.8 Å². The van der Waals surface area contributed by atoms with Gasteiger partial charge in [0.1, 0.15) is 12.3 Å². The first-order chi connectivity index (χ1) is 6.24. The first-order valence-corrected chi connectivity index (χ1v) is 4.40. The molecule has 0 atom stereocenters. The highest BCUT2D eigenvalue weighted by Crippen LogP contribution is 2.21. The van der Waals surface area contributed by atoms with E-state index in [0.717, 1.165) is 0 Å². The van der Waals surface area contributed by atoms with Gasteiger partial charge in [-0.3, -0.25) is 9.59 Å². The Morgan fingerprint density at radius 3 is 2.69 bits per heavy atom. The van der Waals surface area contributed by atoms with Crippen LogP contribution < -0.4 is 5.32 Å². The van der Waals surface area contributed by atoms with Crippen molar-refractivity contribution in [1.82, 2.24) is 5.32 Å². The van der Waals surface area contributed by atoms with Gasteiger partial charge in [-0.1, -0.05) is 0 Å². The van der Waals surface area contributed by atoms with E-state index in [-0.39, 0.29) is 24.2 Å². The topological polar surface area (TPSA) is 70.0 Å². The summed E-state index contributed by atoms with van der Waals surface area (Å²) in [4.78, 5) is 22.2. The van der Waals surface area contributed by atoms with Crippen LogP contribution in [0.25, 0.3) is 0 Å². The van der Waals surface area contributed by atoms with Gasteiger partial charge in [0.2, 0.25) is 5.91 Å². The molecule has 0 bridgehead atoms. The molecule has 4 heteroatoms. The molecule has 1 N–H and O–H groups in total. The second-order valence-corrected chi connectivity index (χ2v) is 3.19. The van der Waals surface area contributed by atoms with Crippen molar-refractivity contribution >= 4 is 11.7 Å². The maximum atomic E-state index is 11.3. The number of hydrogen-bond donors (Lipinski definition) is 1. The van der Waals surface area contributed by atoms with Gasteiger partial charge >= 0.3 is 0 Å². The Morgan fingerprint density at radius 1 is 1.54 bits per heavy atom. The zero-order chi connectivity index (χ0) is 9.68. The lowest BCUT2D eigenvalue weighted by atomic mass is 9.88. The Hall–Kier alpha value is -1.37. The number of carbonyl (C=O) groups is 2. The van der Waals surface area contributed by atoms with Crippen molar-refractivity contribution in [3.8, 4) is 6.07 Å². The fourth-order valence-corrected chi connectivity index (χ4v) is 1.47. The van der Waals surface area contributed by atoms with Crippen LogP contribution in [-0.2, 0) is 9.59 Å². The maximum absolute atomic E-state index is 11.3. The smallest absolute Gasteiger partial charge is 0.223 e. The number of nitrogens with zero attached hydrogens (tertiary/aromatic N) is 1. The van der Waals surface area contributed by atoms with Crippen LogP contribution in [0.3, 0.4) is 0 Å². The zero-order valence-corrected chi connectivity index (χ0v) is 7.38. The van der Waals surface area contributed by atoms with Crippen LogP contribution in [0.15, 0.2) is 0 Å². The molecule has 1 aliphatic carbocycles. The molecule has 1 aliphatic rings. The van der Waals surface area contributed by atoms with Crippen LogP contribution in [0.1, 0.15) is 25.7 Å². The average Bonchev–Trinajstić information content (AvgIpc) is 2.15. The zero-order valence-electron chi connectivity index (χ0n) is 7.38. The molecule has 4 nitrogen and oxygen atoms in total. The number of hydrogen-bond acceptors (Lipinski definition) is 3. The summed E-state index contributed by atoms with van der Waals surface area (Å²) in [5.74, 6) is 0.0874. The molecule has 0 aromatic carbocycles. The van der Waals surface area contributed by atoms with Gasteiger partial charge in [0.25, 0.3) is 0 Å². The van der Waals surface area contributed by atoms with Gasteiger partial charge in [0, 0.05) is 18.8 Å². The number of Topliss-reactive ketones (excluding diaryl/α,β-unsaturated/α-hetero) is 1. The van der Waals surface area contributed by atoms with E-state index in [1.54, 1.807) is 0 Å². The van der Waals surface area contributed by atoms with Crippen molar-refractivity contribution in [1.29, 1.82) is 5.26 Å². The summed E-state index contributed by atoms with van der Waals surface area (Å²) in [7, 11) is 0. The summed E-state index contributed by atoms with van der Waals surface area (Å²) >= 11 is 0. The molecule has 0 saturated heterocycles. The molecule has 0 aromatic heterocycles. The standard InChI is InChI=1S/C9H12N2O2/c10-5-6-11-9(13)7-1-3-8(12)4-2-7/h7H,1-4,6H2,(H,11,13). The second kappa shape index (κ2) is 4.61. The molecule has 0 heterocycles. The Balaban J connectivity index is 2.32. The Morgan fingerprint density at radius 2 is 2.15 bits per heavy atom. The van der Waals surface area contributed by atoms with E-state index in [9.17, 15) is 9.59 Å². The highest BCUT2D eigenvalue weighted by Gasteiger charge is 2.24. The number of nitriles is 1. The van der Waals surface area contributed by atoms with Crippen LogP contribution in [0.2, 0.25) is 0 Å².